The number of benzene rings is 1. The third-order valence-electron chi connectivity index (χ3n) is 1.92. The summed E-state index contributed by atoms with van der Waals surface area (Å²) in [7, 11) is 0. The molecule has 0 radical (unpaired) electrons. The highest BCUT2D eigenvalue weighted by atomic mass is 127. The lowest BCUT2D eigenvalue weighted by Crippen LogP contribution is -2.02. The summed E-state index contributed by atoms with van der Waals surface area (Å²) >= 11 is 2.28. The van der Waals surface area contributed by atoms with E-state index in [2.05, 4.69) is 58.9 Å². The zero-order chi connectivity index (χ0) is 9.42. The summed E-state index contributed by atoms with van der Waals surface area (Å²) < 4.78 is 3.13. The van der Waals surface area contributed by atoms with Crippen LogP contribution in [0.25, 0.3) is 11.0 Å². The van der Waals surface area contributed by atoms with Crippen LogP contribution in [0.1, 0.15) is 19.9 Å². The summed E-state index contributed by atoms with van der Waals surface area (Å²) in [6, 6.07) is 6.55. The van der Waals surface area contributed by atoms with Gasteiger partial charge in [0.05, 0.1) is 5.52 Å². The molecular weight excluding hydrogens is 277 g/mol. The Balaban J connectivity index is 2.69. The molecule has 0 N–H and O–H groups in total. The minimum atomic E-state index is 0.366. The van der Waals surface area contributed by atoms with Gasteiger partial charge in [-0.15, -0.1) is 5.10 Å². The standard InChI is InChI=1S/C9H10IN3/c1-6(2)13-9-4-3-7(10)5-8(9)11-12-13/h3-6H,1-2H3. The first-order valence-electron chi connectivity index (χ1n) is 4.19. The van der Waals surface area contributed by atoms with Crippen LogP contribution in [-0.2, 0) is 0 Å². The van der Waals surface area contributed by atoms with Gasteiger partial charge in [0.1, 0.15) is 5.52 Å². The van der Waals surface area contributed by atoms with Crippen molar-refractivity contribution in [3.63, 3.8) is 0 Å². The van der Waals surface area contributed by atoms with Gasteiger partial charge in [0, 0.05) is 9.61 Å². The number of hydrogen-bond acceptors (Lipinski definition) is 2. The van der Waals surface area contributed by atoms with Crippen LogP contribution in [0.5, 0.6) is 0 Å². The van der Waals surface area contributed by atoms with E-state index in [0.717, 1.165) is 11.0 Å². The lowest BCUT2D eigenvalue weighted by Gasteiger charge is -2.04. The molecule has 4 heteroatoms. The fourth-order valence-electron chi connectivity index (χ4n) is 1.30. The van der Waals surface area contributed by atoms with Gasteiger partial charge in [-0.25, -0.2) is 4.68 Å². The maximum Gasteiger partial charge on any atom is 0.114 e. The molecule has 0 spiro atoms. The smallest absolute Gasteiger partial charge is 0.114 e. The first-order chi connectivity index (χ1) is 6.18. The highest BCUT2D eigenvalue weighted by Crippen LogP contribution is 2.17. The quantitative estimate of drug-likeness (QED) is 0.755. The average Bonchev–Trinajstić information content (AvgIpc) is 2.46. The van der Waals surface area contributed by atoms with Crippen LogP contribution in [0.4, 0.5) is 0 Å². The number of halogens is 1. The first kappa shape index (κ1) is 8.93. The van der Waals surface area contributed by atoms with Crippen molar-refractivity contribution in [1.82, 2.24) is 15.0 Å². The molecule has 0 unspecified atom stereocenters. The molecule has 0 saturated heterocycles. The summed E-state index contributed by atoms with van der Waals surface area (Å²) in [6.07, 6.45) is 0. The number of nitrogens with zero attached hydrogens (tertiary/aromatic N) is 3. The summed E-state index contributed by atoms with van der Waals surface area (Å²) in [6.45, 7) is 4.21. The molecule has 0 amide bonds. The van der Waals surface area contributed by atoms with E-state index in [9.17, 15) is 0 Å². The zero-order valence-corrected chi connectivity index (χ0v) is 9.69. The van der Waals surface area contributed by atoms with Crippen molar-refractivity contribution in [2.45, 2.75) is 19.9 Å². The van der Waals surface area contributed by atoms with Crippen LogP contribution in [0.15, 0.2) is 18.2 Å². The second kappa shape index (κ2) is 3.25. The van der Waals surface area contributed by atoms with Gasteiger partial charge in [0.25, 0.3) is 0 Å². The summed E-state index contributed by atoms with van der Waals surface area (Å²) in [5.41, 5.74) is 2.08. The van der Waals surface area contributed by atoms with E-state index in [0.29, 0.717) is 6.04 Å². The van der Waals surface area contributed by atoms with Gasteiger partial charge < -0.3 is 0 Å². The van der Waals surface area contributed by atoms with Crippen LogP contribution in [-0.4, -0.2) is 15.0 Å². The molecule has 13 heavy (non-hydrogen) atoms. The van der Waals surface area contributed by atoms with Crippen LogP contribution >= 0.6 is 22.6 Å². The summed E-state index contributed by atoms with van der Waals surface area (Å²) in [4.78, 5) is 0. The van der Waals surface area contributed by atoms with E-state index in [4.69, 9.17) is 0 Å². The van der Waals surface area contributed by atoms with Crippen molar-refractivity contribution in [1.29, 1.82) is 0 Å². The Morgan fingerprint density at radius 1 is 1.38 bits per heavy atom. The van der Waals surface area contributed by atoms with Crippen molar-refractivity contribution in [2.75, 3.05) is 0 Å². The monoisotopic (exact) mass is 287 g/mol. The predicted octanol–water partition coefficient (Wildman–Crippen LogP) is 2.62. The fraction of sp³-hybridized carbons (Fsp3) is 0.333. The van der Waals surface area contributed by atoms with E-state index in [-0.39, 0.29) is 0 Å². The molecule has 0 aliphatic carbocycles. The average molecular weight is 287 g/mol. The lowest BCUT2D eigenvalue weighted by atomic mass is 10.3. The molecule has 0 saturated carbocycles. The number of fused-ring (bicyclic) bond motifs is 1. The van der Waals surface area contributed by atoms with Crippen molar-refractivity contribution < 1.29 is 0 Å². The van der Waals surface area contributed by atoms with Crippen molar-refractivity contribution in [3.05, 3.63) is 21.8 Å². The summed E-state index contributed by atoms with van der Waals surface area (Å²) in [5.74, 6) is 0. The number of rotatable bonds is 1. The second-order valence-corrected chi connectivity index (χ2v) is 4.51. The molecule has 68 valence electrons. The Kier molecular flexibility index (Phi) is 2.23. The van der Waals surface area contributed by atoms with E-state index >= 15 is 0 Å². The van der Waals surface area contributed by atoms with Crippen molar-refractivity contribution in [2.24, 2.45) is 0 Å². The Bertz CT molecular complexity index is 433. The molecule has 0 fully saturated rings. The van der Waals surface area contributed by atoms with E-state index in [1.165, 1.54) is 3.57 Å². The Morgan fingerprint density at radius 3 is 2.85 bits per heavy atom. The van der Waals surface area contributed by atoms with Crippen LogP contribution in [0, 0.1) is 3.57 Å². The molecule has 1 heterocycles. The SMILES string of the molecule is CC(C)n1nnc2cc(I)ccc21. The molecule has 2 rings (SSSR count). The molecule has 1 aromatic heterocycles. The summed E-state index contributed by atoms with van der Waals surface area (Å²) in [5, 5.41) is 8.21. The Morgan fingerprint density at radius 2 is 2.15 bits per heavy atom. The third-order valence-corrected chi connectivity index (χ3v) is 2.59. The molecule has 3 nitrogen and oxygen atoms in total. The molecule has 0 bridgehead atoms. The molecule has 0 aliphatic rings. The third kappa shape index (κ3) is 1.54. The fourth-order valence-corrected chi connectivity index (χ4v) is 1.77. The normalized spacial score (nSPS) is 11.4. The largest absolute Gasteiger partial charge is 0.242 e. The molecule has 0 atom stereocenters. The molecule has 0 aliphatic heterocycles. The van der Waals surface area contributed by atoms with Crippen molar-refractivity contribution >= 4 is 33.6 Å². The van der Waals surface area contributed by atoms with Gasteiger partial charge in [-0.05, 0) is 54.6 Å². The maximum absolute atomic E-state index is 4.11. The number of hydrogen-bond donors (Lipinski definition) is 0. The minimum absolute atomic E-state index is 0.366. The van der Waals surface area contributed by atoms with Crippen LogP contribution in [0.2, 0.25) is 0 Å². The van der Waals surface area contributed by atoms with E-state index < -0.39 is 0 Å². The second-order valence-electron chi connectivity index (χ2n) is 3.26. The number of aromatic nitrogens is 3. The Hall–Kier alpha value is -0.650. The van der Waals surface area contributed by atoms with Crippen molar-refractivity contribution in [3.8, 4) is 0 Å². The first-order valence-corrected chi connectivity index (χ1v) is 5.27. The van der Waals surface area contributed by atoms with Gasteiger partial charge in [0.2, 0.25) is 0 Å². The van der Waals surface area contributed by atoms with Gasteiger partial charge in [-0.2, -0.15) is 0 Å². The van der Waals surface area contributed by atoms with E-state index in [1.54, 1.807) is 0 Å². The molecule has 1 aromatic carbocycles. The van der Waals surface area contributed by atoms with Gasteiger partial charge >= 0.3 is 0 Å². The van der Waals surface area contributed by atoms with Crippen LogP contribution in [0.3, 0.4) is 0 Å². The highest BCUT2D eigenvalue weighted by Gasteiger charge is 2.06. The lowest BCUT2D eigenvalue weighted by molar-refractivity contribution is 0.530. The maximum atomic E-state index is 4.11. The van der Waals surface area contributed by atoms with Gasteiger partial charge in [-0.1, -0.05) is 5.21 Å². The minimum Gasteiger partial charge on any atom is -0.242 e. The van der Waals surface area contributed by atoms with Crippen LogP contribution < -0.4 is 0 Å². The predicted molar refractivity (Wildman–Crippen MR) is 60.6 cm³/mol. The van der Waals surface area contributed by atoms with E-state index in [1.807, 2.05) is 10.7 Å². The topological polar surface area (TPSA) is 30.7 Å². The molecular formula is C9H10IN3. The Labute approximate surface area is 90.3 Å². The van der Waals surface area contributed by atoms with Gasteiger partial charge in [-0.3, -0.25) is 0 Å². The highest BCUT2D eigenvalue weighted by molar-refractivity contribution is 14.1. The van der Waals surface area contributed by atoms with Gasteiger partial charge in [0.15, 0.2) is 0 Å². The zero-order valence-electron chi connectivity index (χ0n) is 7.53. The molecule has 2 aromatic rings.